The Morgan fingerprint density at radius 3 is 2.65 bits per heavy atom. The first-order chi connectivity index (χ1) is 9.56. The van der Waals surface area contributed by atoms with Gasteiger partial charge in [-0.2, -0.15) is 0 Å². The monoisotopic (exact) mass is 293 g/mol. The van der Waals surface area contributed by atoms with E-state index in [1.54, 1.807) is 17.4 Å². The number of hydrogen-bond donors (Lipinski definition) is 0. The number of nitrogens with zero attached hydrogens (tertiary/aromatic N) is 3. The number of carbonyl (C=O) groups excluding carboxylic acids is 1. The lowest BCUT2D eigenvalue weighted by Crippen LogP contribution is -2.36. The van der Waals surface area contributed by atoms with Crippen LogP contribution in [-0.4, -0.2) is 48.0 Å². The Morgan fingerprint density at radius 1 is 1.30 bits per heavy atom. The van der Waals surface area contributed by atoms with Crippen LogP contribution in [0.25, 0.3) is 0 Å². The number of likely N-dealkylation sites (N-methyl/N-ethyl adjacent to an activating group) is 1. The average Bonchev–Trinajstić information content (AvgIpc) is 3.04. The number of aromatic nitrogens is 1. The van der Waals surface area contributed by atoms with E-state index in [9.17, 15) is 4.79 Å². The SMILES string of the molecule is Cc1ccc(CN(CCN(C)C)C(=O)c2ccon2)s1. The van der Waals surface area contributed by atoms with Crippen molar-refractivity contribution < 1.29 is 9.32 Å². The lowest BCUT2D eigenvalue weighted by Gasteiger charge is -2.23. The van der Waals surface area contributed by atoms with Crippen LogP contribution in [0.4, 0.5) is 0 Å². The Bertz CT molecular complexity index is 549. The van der Waals surface area contributed by atoms with Gasteiger partial charge in [-0.05, 0) is 33.2 Å². The summed E-state index contributed by atoms with van der Waals surface area (Å²) in [5, 5.41) is 3.73. The fourth-order valence-electron chi connectivity index (χ4n) is 1.82. The second-order valence-electron chi connectivity index (χ2n) is 4.93. The summed E-state index contributed by atoms with van der Waals surface area (Å²) >= 11 is 1.71. The van der Waals surface area contributed by atoms with Crippen LogP contribution in [0.15, 0.2) is 29.0 Å². The van der Waals surface area contributed by atoms with E-state index in [1.807, 2.05) is 19.0 Å². The van der Waals surface area contributed by atoms with Crippen LogP contribution < -0.4 is 0 Å². The molecule has 2 aromatic rings. The first kappa shape index (κ1) is 14.7. The maximum atomic E-state index is 12.4. The molecule has 0 aliphatic heterocycles. The highest BCUT2D eigenvalue weighted by Crippen LogP contribution is 2.18. The molecule has 0 atom stereocenters. The molecule has 0 spiro atoms. The van der Waals surface area contributed by atoms with E-state index in [0.717, 1.165) is 6.54 Å². The van der Waals surface area contributed by atoms with Gasteiger partial charge in [0.15, 0.2) is 5.69 Å². The van der Waals surface area contributed by atoms with E-state index in [0.29, 0.717) is 18.8 Å². The standard InChI is InChI=1S/C14H19N3O2S/c1-11-4-5-12(20-11)10-17(8-7-16(2)3)14(18)13-6-9-19-15-13/h4-6,9H,7-8,10H2,1-3H3. The fraction of sp³-hybridized carbons (Fsp3) is 0.429. The highest BCUT2D eigenvalue weighted by molar-refractivity contribution is 7.11. The van der Waals surface area contributed by atoms with Crippen LogP contribution >= 0.6 is 11.3 Å². The number of aryl methyl sites for hydroxylation is 1. The molecular formula is C14H19N3O2S. The lowest BCUT2D eigenvalue weighted by molar-refractivity contribution is 0.0723. The van der Waals surface area contributed by atoms with E-state index >= 15 is 0 Å². The summed E-state index contributed by atoms with van der Waals surface area (Å²) in [5.74, 6) is -0.0911. The molecule has 0 aliphatic rings. The quantitative estimate of drug-likeness (QED) is 0.819. The minimum Gasteiger partial charge on any atom is -0.364 e. The Labute approximate surface area is 122 Å². The van der Waals surface area contributed by atoms with E-state index in [2.05, 4.69) is 29.1 Å². The molecule has 2 rings (SSSR count). The molecule has 6 heteroatoms. The largest absolute Gasteiger partial charge is 0.364 e. The number of hydrogen-bond acceptors (Lipinski definition) is 5. The molecule has 108 valence electrons. The smallest absolute Gasteiger partial charge is 0.276 e. The molecule has 5 nitrogen and oxygen atoms in total. The maximum absolute atomic E-state index is 12.4. The second-order valence-corrected chi connectivity index (χ2v) is 6.30. The predicted molar refractivity (Wildman–Crippen MR) is 78.9 cm³/mol. The maximum Gasteiger partial charge on any atom is 0.276 e. The van der Waals surface area contributed by atoms with Crippen LogP contribution in [0.3, 0.4) is 0 Å². The lowest BCUT2D eigenvalue weighted by atomic mass is 10.3. The summed E-state index contributed by atoms with van der Waals surface area (Å²) in [4.78, 5) is 18.7. The van der Waals surface area contributed by atoms with Crippen molar-refractivity contribution in [2.75, 3.05) is 27.2 Å². The van der Waals surface area contributed by atoms with Crippen LogP contribution in [0.2, 0.25) is 0 Å². The van der Waals surface area contributed by atoms with E-state index in [-0.39, 0.29) is 5.91 Å². The van der Waals surface area contributed by atoms with Gasteiger partial charge in [0.2, 0.25) is 0 Å². The highest BCUT2D eigenvalue weighted by Gasteiger charge is 2.19. The molecule has 0 aliphatic carbocycles. The zero-order valence-electron chi connectivity index (χ0n) is 12.0. The van der Waals surface area contributed by atoms with E-state index < -0.39 is 0 Å². The van der Waals surface area contributed by atoms with Crippen molar-refractivity contribution in [1.82, 2.24) is 15.0 Å². The van der Waals surface area contributed by atoms with Crippen molar-refractivity contribution in [2.24, 2.45) is 0 Å². The first-order valence-electron chi connectivity index (χ1n) is 6.46. The zero-order valence-corrected chi connectivity index (χ0v) is 12.8. The minimum absolute atomic E-state index is 0.0911. The zero-order chi connectivity index (χ0) is 14.5. The van der Waals surface area contributed by atoms with Gasteiger partial charge in [-0.25, -0.2) is 0 Å². The van der Waals surface area contributed by atoms with Crippen molar-refractivity contribution in [1.29, 1.82) is 0 Å². The fourth-order valence-corrected chi connectivity index (χ4v) is 2.72. The van der Waals surface area contributed by atoms with Gasteiger partial charge in [-0.3, -0.25) is 4.79 Å². The van der Waals surface area contributed by atoms with Crippen LogP contribution in [-0.2, 0) is 6.54 Å². The molecule has 0 bridgehead atoms. The van der Waals surface area contributed by atoms with Gasteiger partial charge in [0.25, 0.3) is 5.91 Å². The minimum atomic E-state index is -0.0911. The predicted octanol–water partition coefficient (Wildman–Crippen LogP) is 2.25. The molecule has 2 aromatic heterocycles. The van der Waals surface area contributed by atoms with Gasteiger partial charge < -0.3 is 14.3 Å². The van der Waals surface area contributed by atoms with Gasteiger partial charge in [0, 0.05) is 28.9 Å². The number of rotatable bonds is 6. The van der Waals surface area contributed by atoms with Crippen molar-refractivity contribution in [2.45, 2.75) is 13.5 Å². The van der Waals surface area contributed by atoms with Crippen molar-refractivity contribution in [3.63, 3.8) is 0 Å². The third-order valence-corrected chi connectivity index (χ3v) is 3.89. The summed E-state index contributed by atoms with van der Waals surface area (Å²) < 4.78 is 4.76. The number of amides is 1. The van der Waals surface area contributed by atoms with Crippen LogP contribution in [0.1, 0.15) is 20.2 Å². The van der Waals surface area contributed by atoms with E-state index in [1.165, 1.54) is 16.0 Å². The summed E-state index contributed by atoms with van der Waals surface area (Å²) in [6, 6.07) is 5.74. The third-order valence-electron chi connectivity index (χ3n) is 2.90. The summed E-state index contributed by atoms with van der Waals surface area (Å²) in [6.07, 6.45) is 1.42. The molecule has 0 saturated heterocycles. The highest BCUT2D eigenvalue weighted by atomic mass is 32.1. The Hall–Kier alpha value is -1.66. The molecular weight excluding hydrogens is 274 g/mol. The normalized spacial score (nSPS) is 11.0. The first-order valence-corrected chi connectivity index (χ1v) is 7.27. The number of thiophene rings is 1. The van der Waals surface area contributed by atoms with E-state index in [4.69, 9.17) is 4.52 Å². The topological polar surface area (TPSA) is 49.6 Å². The van der Waals surface area contributed by atoms with Gasteiger partial charge in [-0.1, -0.05) is 5.16 Å². The molecule has 0 fully saturated rings. The van der Waals surface area contributed by atoms with Crippen LogP contribution in [0, 0.1) is 6.92 Å². The van der Waals surface area contributed by atoms with Crippen molar-refractivity contribution >= 4 is 17.2 Å². The molecule has 0 N–H and O–H groups in total. The molecule has 0 radical (unpaired) electrons. The van der Waals surface area contributed by atoms with Gasteiger partial charge in [-0.15, -0.1) is 11.3 Å². The summed E-state index contributed by atoms with van der Waals surface area (Å²) in [7, 11) is 3.99. The Kier molecular flexibility index (Phi) is 4.92. The molecule has 0 aromatic carbocycles. The Morgan fingerprint density at radius 2 is 2.10 bits per heavy atom. The van der Waals surface area contributed by atoms with Crippen LogP contribution in [0.5, 0.6) is 0 Å². The third kappa shape index (κ3) is 3.91. The molecule has 0 saturated carbocycles. The van der Waals surface area contributed by atoms with Gasteiger partial charge in [0.1, 0.15) is 6.26 Å². The molecule has 20 heavy (non-hydrogen) atoms. The van der Waals surface area contributed by atoms with Crippen molar-refractivity contribution in [3.8, 4) is 0 Å². The summed E-state index contributed by atoms with van der Waals surface area (Å²) in [5.41, 5.74) is 0.358. The van der Waals surface area contributed by atoms with Gasteiger partial charge >= 0.3 is 0 Å². The van der Waals surface area contributed by atoms with Gasteiger partial charge in [0.05, 0.1) is 6.54 Å². The molecule has 2 heterocycles. The Balaban J connectivity index is 2.09. The average molecular weight is 293 g/mol. The molecule has 1 amide bonds. The second kappa shape index (κ2) is 6.67. The number of carbonyl (C=O) groups is 1. The molecule has 0 unspecified atom stereocenters. The van der Waals surface area contributed by atoms with Crippen molar-refractivity contribution in [3.05, 3.63) is 39.9 Å². The summed E-state index contributed by atoms with van der Waals surface area (Å²) in [6.45, 7) is 4.15.